The van der Waals surface area contributed by atoms with Gasteiger partial charge in [0.05, 0.1) is 16.8 Å². The first-order valence-corrected chi connectivity index (χ1v) is 10.2. The predicted molar refractivity (Wildman–Crippen MR) is 124 cm³/mol. The largest absolute Gasteiger partial charge is 0.506 e. The summed E-state index contributed by atoms with van der Waals surface area (Å²) in [5.41, 5.74) is 3.42. The molecule has 0 amide bonds. The summed E-state index contributed by atoms with van der Waals surface area (Å²) in [4.78, 5) is 27.5. The number of rotatable bonds is 3. The number of hydrogen-bond donors (Lipinski definition) is 3. The van der Waals surface area contributed by atoms with E-state index in [0.717, 1.165) is 11.3 Å². The first-order valence-electron chi connectivity index (χ1n) is 9.75. The van der Waals surface area contributed by atoms with Gasteiger partial charge in [-0.05, 0) is 29.3 Å². The molecule has 31 heavy (non-hydrogen) atoms. The van der Waals surface area contributed by atoms with Gasteiger partial charge in [-0.25, -0.2) is 0 Å². The Bertz CT molecular complexity index is 1350. The lowest BCUT2D eigenvalue weighted by Crippen LogP contribution is -2.23. The lowest BCUT2D eigenvalue weighted by Gasteiger charge is -2.24. The molecule has 0 bridgehead atoms. The normalized spacial score (nSPS) is 12.3. The molecule has 4 nitrogen and oxygen atoms in total. The van der Waals surface area contributed by atoms with Crippen LogP contribution >= 0.6 is 12.6 Å². The van der Waals surface area contributed by atoms with Gasteiger partial charge in [0.2, 0.25) is 0 Å². The molecule has 0 spiro atoms. The minimum Gasteiger partial charge on any atom is -0.506 e. The van der Waals surface area contributed by atoms with Crippen molar-refractivity contribution in [3.05, 3.63) is 107 Å². The zero-order chi connectivity index (χ0) is 21.5. The Morgan fingerprint density at radius 2 is 1.32 bits per heavy atom. The Labute approximate surface area is 184 Å². The van der Waals surface area contributed by atoms with Crippen molar-refractivity contribution in [1.29, 1.82) is 0 Å². The van der Waals surface area contributed by atoms with E-state index in [0.29, 0.717) is 22.4 Å². The first-order chi connectivity index (χ1) is 15.1. The minimum absolute atomic E-state index is 0.0215. The topological polar surface area (TPSA) is 66.4 Å². The van der Waals surface area contributed by atoms with Gasteiger partial charge in [0, 0.05) is 21.7 Å². The summed E-state index contributed by atoms with van der Waals surface area (Å²) in [7, 11) is 0. The highest BCUT2D eigenvalue weighted by Crippen LogP contribution is 2.43. The minimum atomic E-state index is -0.395. The summed E-state index contributed by atoms with van der Waals surface area (Å²) in [6.45, 7) is 0. The predicted octanol–water partition coefficient (Wildman–Crippen LogP) is 5.87. The highest BCUT2D eigenvalue weighted by atomic mass is 32.1. The molecule has 5 heteroatoms. The number of benzene rings is 4. The molecule has 1 aliphatic rings. The summed E-state index contributed by atoms with van der Waals surface area (Å²) in [6, 6.07) is 25.6. The van der Waals surface area contributed by atoms with Crippen molar-refractivity contribution >= 4 is 35.6 Å². The molecular formula is C26H17NO3S. The molecule has 4 aromatic carbocycles. The number of phenols is 1. The van der Waals surface area contributed by atoms with Gasteiger partial charge in [-0.15, -0.1) is 12.6 Å². The van der Waals surface area contributed by atoms with Crippen molar-refractivity contribution in [3.63, 3.8) is 0 Å². The van der Waals surface area contributed by atoms with Crippen molar-refractivity contribution < 1.29 is 14.7 Å². The maximum absolute atomic E-state index is 13.7. The summed E-state index contributed by atoms with van der Waals surface area (Å²) < 4.78 is 0. The van der Waals surface area contributed by atoms with Gasteiger partial charge in [-0.1, -0.05) is 66.7 Å². The van der Waals surface area contributed by atoms with Crippen LogP contribution in [-0.2, 0) is 0 Å². The highest BCUT2D eigenvalue weighted by molar-refractivity contribution is 7.80. The Kier molecular flexibility index (Phi) is 4.60. The van der Waals surface area contributed by atoms with E-state index < -0.39 is 5.78 Å². The van der Waals surface area contributed by atoms with Crippen LogP contribution in [0.2, 0.25) is 0 Å². The Hall–Kier alpha value is -3.83. The van der Waals surface area contributed by atoms with Crippen molar-refractivity contribution in [2.24, 2.45) is 0 Å². The van der Waals surface area contributed by atoms with Gasteiger partial charge in [0.15, 0.2) is 11.6 Å². The average Bonchev–Trinajstić information content (AvgIpc) is 2.80. The maximum Gasteiger partial charge on any atom is 0.198 e. The average molecular weight is 423 g/mol. The van der Waals surface area contributed by atoms with Crippen LogP contribution in [0.3, 0.4) is 0 Å². The van der Waals surface area contributed by atoms with E-state index in [4.69, 9.17) is 0 Å². The fraction of sp³-hybridized carbons (Fsp3) is 0. The third kappa shape index (κ3) is 3.10. The van der Waals surface area contributed by atoms with E-state index in [1.807, 2.05) is 66.7 Å². The van der Waals surface area contributed by atoms with Crippen LogP contribution in [0.15, 0.2) is 89.8 Å². The number of aromatic hydroxyl groups is 1. The summed E-state index contributed by atoms with van der Waals surface area (Å²) in [5, 5.41) is 13.9. The Morgan fingerprint density at radius 3 is 2.03 bits per heavy atom. The fourth-order valence-electron chi connectivity index (χ4n) is 3.99. The summed E-state index contributed by atoms with van der Waals surface area (Å²) in [5.74, 6) is -0.998. The molecule has 0 heterocycles. The second kappa shape index (κ2) is 7.45. The third-order valence-electron chi connectivity index (χ3n) is 5.41. The van der Waals surface area contributed by atoms with E-state index in [1.165, 1.54) is 0 Å². The second-order valence-corrected chi connectivity index (χ2v) is 7.77. The van der Waals surface area contributed by atoms with E-state index in [1.54, 1.807) is 18.2 Å². The van der Waals surface area contributed by atoms with Crippen LogP contribution in [0, 0.1) is 0 Å². The number of hydrogen-bond acceptors (Lipinski definition) is 5. The summed E-state index contributed by atoms with van der Waals surface area (Å²) >= 11 is 4.35. The highest BCUT2D eigenvalue weighted by Gasteiger charge is 2.36. The van der Waals surface area contributed by atoms with Crippen molar-refractivity contribution in [3.8, 4) is 16.9 Å². The molecule has 1 aliphatic carbocycles. The lowest BCUT2D eigenvalue weighted by molar-refractivity contribution is 0.0977. The van der Waals surface area contributed by atoms with E-state index >= 15 is 0 Å². The number of para-hydroxylation sites is 1. The van der Waals surface area contributed by atoms with E-state index in [2.05, 4.69) is 17.9 Å². The zero-order valence-corrected chi connectivity index (χ0v) is 17.2. The summed E-state index contributed by atoms with van der Waals surface area (Å²) in [6.07, 6.45) is 0. The standard InChI is InChI=1S/C26H17NO3S/c28-24-18-13-7-12-17(15-8-3-1-4-9-15)21(18)26(30)23-22(24)19(14-20(31)25(23)29)27-16-10-5-2-6-11-16/h1-14,27,29,31H. The molecule has 4 aromatic rings. The Balaban J connectivity index is 1.74. The van der Waals surface area contributed by atoms with Gasteiger partial charge in [0.25, 0.3) is 0 Å². The molecular weight excluding hydrogens is 406 g/mol. The van der Waals surface area contributed by atoms with Gasteiger partial charge < -0.3 is 10.4 Å². The van der Waals surface area contributed by atoms with E-state index in [9.17, 15) is 14.7 Å². The molecule has 0 saturated carbocycles. The van der Waals surface area contributed by atoms with Gasteiger partial charge in [-0.2, -0.15) is 0 Å². The number of fused-ring (bicyclic) bond motifs is 2. The number of phenolic OH excluding ortho intramolecular Hbond substituents is 1. The molecule has 150 valence electrons. The molecule has 0 fully saturated rings. The van der Waals surface area contributed by atoms with Gasteiger partial charge in [0.1, 0.15) is 5.75 Å². The van der Waals surface area contributed by atoms with Crippen LogP contribution in [0.4, 0.5) is 11.4 Å². The van der Waals surface area contributed by atoms with Crippen LogP contribution in [0.1, 0.15) is 31.8 Å². The van der Waals surface area contributed by atoms with Crippen molar-refractivity contribution in [2.75, 3.05) is 5.32 Å². The van der Waals surface area contributed by atoms with E-state index in [-0.39, 0.29) is 27.6 Å². The van der Waals surface area contributed by atoms with Crippen LogP contribution in [-0.4, -0.2) is 16.7 Å². The lowest BCUT2D eigenvalue weighted by atomic mass is 9.79. The number of carbonyl (C=O) groups is 2. The third-order valence-corrected chi connectivity index (χ3v) is 5.75. The van der Waals surface area contributed by atoms with Crippen LogP contribution in [0.5, 0.6) is 5.75 Å². The smallest absolute Gasteiger partial charge is 0.198 e. The SMILES string of the molecule is O=C1c2cccc(-c3ccccc3)c2C(=O)c2c(O)c(S)cc(Nc3ccccc3)c21. The van der Waals surface area contributed by atoms with Crippen LogP contribution in [0.25, 0.3) is 11.1 Å². The zero-order valence-electron chi connectivity index (χ0n) is 16.3. The maximum atomic E-state index is 13.7. The molecule has 0 radical (unpaired) electrons. The molecule has 0 atom stereocenters. The fourth-order valence-corrected chi connectivity index (χ4v) is 4.24. The number of carbonyl (C=O) groups excluding carboxylic acids is 2. The molecule has 5 rings (SSSR count). The Morgan fingerprint density at radius 1 is 0.677 bits per heavy atom. The van der Waals surface area contributed by atoms with Crippen molar-refractivity contribution in [1.82, 2.24) is 0 Å². The molecule has 0 aliphatic heterocycles. The second-order valence-electron chi connectivity index (χ2n) is 7.29. The number of thiol groups is 1. The number of ketones is 2. The van der Waals surface area contributed by atoms with Gasteiger partial charge >= 0.3 is 0 Å². The molecule has 0 saturated heterocycles. The number of anilines is 2. The van der Waals surface area contributed by atoms with Crippen LogP contribution < -0.4 is 5.32 Å². The van der Waals surface area contributed by atoms with Gasteiger partial charge in [-0.3, -0.25) is 9.59 Å². The molecule has 2 N–H and O–H groups in total. The monoisotopic (exact) mass is 423 g/mol. The molecule has 0 unspecified atom stereocenters. The molecule has 0 aromatic heterocycles. The van der Waals surface area contributed by atoms with Crippen molar-refractivity contribution in [2.45, 2.75) is 4.90 Å². The number of nitrogens with one attached hydrogen (secondary N) is 1. The first kappa shape index (κ1) is 19.2. The quantitative estimate of drug-likeness (QED) is 0.251.